The summed E-state index contributed by atoms with van der Waals surface area (Å²) in [4.78, 5) is 29.2. The van der Waals surface area contributed by atoms with E-state index in [1.54, 1.807) is 30.3 Å². The Hall–Kier alpha value is -3.43. The number of pyridine rings is 1. The Balaban J connectivity index is 1.70. The zero-order valence-electron chi connectivity index (χ0n) is 20.8. The lowest BCUT2D eigenvalue weighted by molar-refractivity contribution is -0.171. The smallest absolute Gasteiger partial charge is 0.387 e. The van der Waals surface area contributed by atoms with Crippen LogP contribution in [0.5, 0.6) is 11.5 Å². The van der Waals surface area contributed by atoms with Crippen LogP contribution in [0.15, 0.2) is 60.9 Å². The predicted molar refractivity (Wildman–Crippen MR) is 139 cm³/mol. The quantitative estimate of drug-likeness (QED) is 0.215. The minimum atomic E-state index is -3.06. The van der Waals surface area contributed by atoms with Crippen LogP contribution in [0, 0.1) is 5.92 Å². The van der Waals surface area contributed by atoms with Gasteiger partial charge in [0, 0.05) is 31.3 Å². The number of benzene rings is 2. The molecule has 11 heteroatoms. The predicted octanol–water partition coefficient (Wildman–Crippen LogP) is 6.91. The molecule has 2 aromatic carbocycles. The Bertz CT molecular complexity index is 1290. The molecular weight excluding hydrogens is 555 g/mol. The van der Waals surface area contributed by atoms with Gasteiger partial charge in [-0.15, -0.1) is 0 Å². The highest BCUT2D eigenvalue weighted by Gasteiger charge is 2.31. The highest BCUT2D eigenvalue weighted by Crippen LogP contribution is 2.38. The van der Waals surface area contributed by atoms with Crippen molar-refractivity contribution in [2.45, 2.75) is 45.0 Å². The molecule has 2 unspecified atom stereocenters. The average molecular weight is 580 g/mol. The van der Waals surface area contributed by atoms with E-state index in [0.717, 1.165) is 12.8 Å². The standard InChI is InChI=1S/C28H25Cl2F2NO6/c1-16(34)37-26(18-5-3-2-4-6-18)27(35)38-24(12-20-21(29)13-33-14-22(20)30)19-9-10-23(39-28(31)32)25(11-19)36-15-17-7-8-17/h2-6,9-11,13-14,17,24,26,28H,7-8,12,15H2,1H3. The molecule has 7 nitrogen and oxygen atoms in total. The summed E-state index contributed by atoms with van der Waals surface area (Å²) >= 11 is 12.7. The van der Waals surface area contributed by atoms with E-state index in [1.165, 1.54) is 37.5 Å². The molecule has 0 spiro atoms. The number of hydrogen-bond acceptors (Lipinski definition) is 7. The van der Waals surface area contributed by atoms with Gasteiger partial charge in [0.2, 0.25) is 6.10 Å². The van der Waals surface area contributed by atoms with E-state index in [9.17, 15) is 18.4 Å². The van der Waals surface area contributed by atoms with Gasteiger partial charge in [-0.05, 0) is 42.0 Å². The van der Waals surface area contributed by atoms with Crippen LogP contribution in [0.25, 0.3) is 0 Å². The van der Waals surface area contributed by atoms with Gasteiger partial charge in [0.15, 0.2) is 11.5 Å². The number of carbonyl (C=O) groups excluding carboxylic acids is 2. The maximum Gasteiger partial charge on any atom is 0.387 e. The van der Waals surface area contributed by atoms with Gasteiger partial charge in [-0.1, -0.05) is 59.6 Å². The van der Waals surface area contributed by atoms with Gasteiger partial charge in [0.25, 0.3) is 0 Å². The Kier molecular flexibility index (Phi) is 9.59. The summed E-state index contributed by atoms with van der Waals surface area (Å²) < 4.78 is 47.7. The largest absolute Gasteiger partial charge is 0.489 e. The maximum atomic E-state index is 13.4. The van der Waals surface area contributed by atoms with Crippen molar-refractivity contribution in [2.24, 2.45) is 5.92 Å². The molecule has 39 heavy (non-hydrogen) atoms. The summed E-state index contributed by atoms with van der Waals surface area (Å²) in [7, 11) is 0. The molecule has 1 fully saturated rings. The van der Waals surface area contributed by atoms with E-state index in [2.05, 4.69) is 9.72 Å². The molecule has 1 aliphatic carbocycles. The van der Waals surface area contributed by atoms with Crippen LogP contribution in [0.4, 0.5) is 8.78 Å². The number of esters is 2. The number of aromatic nitrogens is 1. The second-order valence-corrected chi connectivity index (χ2v) is 9.76. The third kappa shape index (κ3) is 8.03. The summed E-state index contributed by atoms with van der Waals surface area (Å²) in [6.07, 6.45) is 2.41. The number of halogens is 4. The first-order chi connectivity index (χ1) is 18.7. The Morgan fingerprint density at radius 2 is 1.67 bits per heavy atom. The molecule has 0 saturated heterocycles. The third-order valence-electron chi connectivity index (χ3n) is 5.93. The topological polar surface area (TPSA) is 84.0 Å². The molecule has 0 aliphatic heterocycles. The summed E-state index contributed by atoms with van der Waals surface area (Å²) in [5.41, 5.74) is 1.25. The number of ether oxygens (including phenoxy) is 4. The molecule has 206 valence electrons. The van der Waals surface area contributed by atoms with Gasteiger partial charge in [-0.3, -0.25) is 9.78 Å². The van der Waals surface area contributed by atoms with Crippen LogP contribution >= 0.6 is 23.2 Å². The summed E-state index contributed by atoms with van der Waals surface area (Å²) in [6, 6.07) is 12.7. The van der Waals surface area contributed by atoms with Gasteiger partial charge in [0.1, 0.15) is 6.10 Å². The molecule has 1 heterocycles. The minimum Gasteiger partial charge on any atom is -0.489 e. The maximum absolute atomic E-state index is 13.4. The van der Waals surface area contributed by atoms with Crippen molar-refractivity contribution in [1.29, 1.82) is 0 Å². The molecule has 0 bridgehead atoms. The van der Waals surface area contributed by atoms with Crippen molar-refractivity contribution in [3.05, 3.63) is 87.7 Å². The van der Waals surface area contributed by atoms with E-state index in [-0.39, 0.29) is 28.0 Å². The van der Waals surface area contributed by atoms with Crippen LogP contribution in [0.1, 0.15) is 48.7 Å². The van der Waals surface area contributed by atoms with Gasteiger partial charge in [0.05, 0.1) is 16.7 Å². The fourth-order valence-electron chi connectivity index (χ4n) is 3.82. The molecule has 0 N–H and O–H groups in total. The number of carbonyl (C=O) groups is 2. The summed E-state index contributed by atoms with van der Waals surface area (Å²) in [5.74, 6) is -1.27. The molecule has 3 aromatic rings. The lowest BCUT2D eigenvalue weighted by atomic mass is 10.0. The van der Waals surface area contributed by atoms with Crippen molar-refractivity contribution in [1.82, 2.24) is 4.98 Å². The number of rotatable bonds is 12. The summed E-state index contributed by atoms with van der Waals surface area (Å²) in [6.45, 7) is -1.54. The molecule has 4 rings (SSSR count). The first-order valence-electron chi connectivity index (χ1n) is 12.1. The third-order valence-corrected chi connectivity index (χ3v) is 6.58. The Morgan fingerprint density at radius 1 is 0.974 bits per heavy atom. The number of hydrogen-bond donors (Lipinski definition) is 0. The van der Waals surface area contributed by atoms with E-state index >= 15 is 0 Å². The van der Waals surface area contributed by atoms with Gasteiger partial charge in [-0.2, -0.15) is 8.78 Å². The van der Waals surface area contributed by atoms with Crippen molar-refractivity contribution in [2.75, 3.05) is 6.61 Å². The second kappa shape index (κ2) is 13.1. The van der Waals surface area contributed by atoms with Gasteiger partial charge < -0.3 is 18.9 Å². The summed E-state index contributed by atoms with van der Waals surface area (Å²) in [5, 5.41) is 0.483. The van der Waals surface area contributed by atoms with Crippen LogP contribution in [0.2, 0.25) is 10.0 Å². The molecule has 1 aliphatic rings. The lowest BCUT2D eigenvalue weighted by Crippen LogP contribution is -2.24. The number of alkyl halides is 2. The van der Waals surface area contributed by atoms with Crippen LogP contribution in [0.3, 0.4) is 0 Å². The average Bonchev–Trinajstić information content (AvgIpc) is 3.73. The van der Waals surface area contributed by atoms with Crippen LogP contribution in [-0.4, -0.2) is 30.1 Å². The van der Waals surface area contributed by atoms with E-state index < -0.39 is 30.8 Å². The molecule has 0 amide bonds. The highest BCUT2D eigenvalue weighted by atomic mass is 35.5. The van der Waals surface area contributed by atoms with Crippen molar-refractivity contribution in [3.8, 4) is 11.5 Å². The second-order valence-electron chi connectivity index (χ2n) is 8.95. The van der Waals surface area contributed by atoms with Crippen molar-refractivity contribution >= 4 is 35.1 Å². The van der Waals surface area contributed by atoms with Crippen LogP contribution in [-0.2, 0) is 25.5 Å². The fraction of sp³-hybridized carbons (Fsp3) is 0.321. The molecule has 2 atom stereocenters. The monoisotopic (exact) mass is 579 g/mol. The first kappa shape index (κ1) is 28.6. The molecular formula is C28H25Cl2F2NO6. The minimum absolute atomic E-state index is 0.00459. The zero-order valence-corrected chi connectivity index (χ0v) is 22.3. The zero-order chi connectivity index (χ0) is 27.9. The van der Waals surface area contributed by atoms with Crippen molar-refractivity contribution in [3.63, 3.8) is 0 Å². The van der Waals surface area contributed by atoms with E-state index in [0.29, 0.717) is 29.2 Å². The van der Waals surface area contributed by atoms with E-state index in [4.69, 9.17) is 37.4 Å². The molecule has 1 aromatic heterocycles. The van der Waals surface area contributed by atoms with Crippen molar-refractivity contribution < 1.29 is 37.3 Å². The first-order valence-corrected chi connectivity index (χ1v) is 12.9. The molecule has 1 saturated carbocycles. The Morgan fingerprint density at radius 3 is 2.28 bits per heavy atom. The highest BCUT2D eigenvalue weighted by molar-refractivity contribution is 6.35. The number of nitrogens with zero attached hydrogens (tertiary/aromatic N) is 1. The van der Waals surface area contributed by atoms with Crippen LogP contribution < -0.4 is 9.47 Å². The SMILES string of the molecule is CC(=O)OC(C(=O)OC(Cc1c(Cl)cncc1Cl)c1ccc(OC(F)F)c(OCC2CC2)c1)c1ccccc1. The van der Waals surface area contributed by atoms with E-state index in [1.807, 2.05) is 0 Å². The normalized spacial score (nSPS) is 14.4. The lowest BCUT2D eigenvalue weighted by Gasteiger charge is -2.24. The Labute approximate surface area is 233 Å². The fourth-order valence-corrected chi connectivity index (χ4v) is 4.34. The molecule has 0 radical (unpaired) electrons. The van der Waals surface area contributed by atoms with Gasteiger partial charge in [-0.25, -0.2) is 4.79 Å². The van der Waals surface area contributed by atoms with Gasteiger partial charge >= 0.3 is 18.6 Å².